The molecule has 0 radical (unpaired) electrons. The highest BCUT2D eigenvalue weighted by molar-refractivity contribution is 7.97. The van der Waals surface area contributed by atoms with Gasteiger partial charge in [0, 0.05) is 12.3 Å². The molecule has 0 saturated carbocycles. The molecule has 0 aliphatic carbocycles. The van der Waals surface area contributed by atoms with Gasteiger partial charge in [-0.25, -0.2) is 4.31 Å². The molecule has 0 bridgehead atoms. The minimum atomic E-state index is -0.0573. The molecule has 0 aromatic carbocycles. The number of carbonyl (C=O) groups excluding carboxylic acids is 1. The molecule has 0 N–H and O–H groups in total. The van der Waals surface area contributed by atoms with Crippen LogP contribution in [0.25, 0.3) is 0 Å². The zero-order valence-electron chi connectivity index (χ0n) is 9.16. The van der Waals surface area contributed by atoms with E-state index < -0.39 is 0 Å². The quantitative estimate of drug-likeness (QED) is 0.531. The number of hydrogen-bond donors (Lipinski definition) is 0. The van der Waals surface area contributed by atoms with Gasteiger partial charge in [0.15, 0.2) is 0 Å². The minimum absolute atomic E-state index is 0.0117. The fraction of sp³-hybridized carbons (Fsp3) is 0.900. The van der Waals surface area contributed by atoms with E-state index in [-0.39, 0.29) is 12.0 Å². The number of hydrogen-bond acceptors (Lipinski definition) is 4. The lowest BCUT2D eigenvalue weighted by Gasteiger charge is -2.22. The van der Waals surface area contributed by atoms with Crippen molar-refractivity contribution in [1.29, 1.82) is 0 Å². The van der Waals surface area contributed by atoms with Crippen LogP contribution in [0.3, 0.4) is 0 Å². The summed E-state index contributed by atoms with van der Waals surface area (Å²) in [6, 6.07) is -0.0117. The third-order valence-electron chi connectivity index (χ3n) is 2.10. The lowest BCUT2D eigenvalue weighted by molar-refractivity contribution is -0.147. The number of esters is 1. The molecular weight excluding hydrogens is 198 g/mol. The average molecular weight is 217 g/mol. The summed E-state index contributed by atoms with van der Waals surface area (Å²) < 4.78 is 7.21. The van der Waals surface area contributed by atoms with Crippen molar-refractivity contribution >= 4 is 17.9 Å². The summed E-state index contributed by atoms with van der Waals surface area (Å²) in [7, 11) is 0. The molecule has 0 aromatic rings. The summed E-state index contributed by atoms with van der Waals surface area (Å²) in [5.41, 5.74) is 0. The number of rotatable bonds is 4. The molecule has 1 aliphatic rings. The Morgan fingerprint density at radius 3 is 2.93 bits per heavy atom. The SMILES string of the molecule is CCOC(=O)C1CCSN1CC(C)C. The Balaban J connectivity index is 2.46. The van der Waals surface area contributed by atoms with Crippen LogP contribution in [0, 0.1) is 5.92 Å². The van der Waals surface area contributed by atoms with Crippen LogP contribution in [0.15, 0.2) is 0 Å². The van der Waals surface area contributed by atoms with E-state index in [1.807, 2.05) is 6.92 Å². The summed E-state index contributed by atoms with van der Waals surface area (Å²) in [5.74, 6) is 1.58. The smallest absolute Gasteiger partial charge is 0.324 e. The maximum atomic E-state index is 11.6. The van der Waals surface area contributed by atoms with E-state index >= 15 is 0 Å². The maximum absolute atomic E-state index is 11.6. The zero-order chi connectivity index (χ0) is 10.6. The Hall–Kier alpha value is -0.220. The summed E-state index contributed by atoms with van der Waals surface area (Å²) in [4.78, 5) is 11.6. The zero-order valence-corrected chi connectivity index (χ0v) is 9.97. The van der Waals surface area contributed by atoms with Crippen LogP contribution in [-0.4, -0.2) is 35.2 Å². The van der Waals surface area contributed by atoms with Crippen molar-refractivity contribution in [1.82, 2.24) is 4.31 Å². The first kappa shape index (κ1) is 11.9. The third-order valence-corrected chi connectivity index (χ3v) is 3.25. The van der Waals surface area contributed by atoms with Gasteiger partial charge in [0.25, 0.3) is 0 Å². The largest absolute Gasteiger partial charge is 0.465 e. The van der Waals surface area contributed by atoms with Crippen LogP contribution >= 0.6 is 11.9 Å². The highest BCUT2D eigenvalue weighted by Gasteiger charge is 2.32. The molecule has 14 heavy (non-hydrogen) atoms. The summed E-state index contributed by atoms with van der Waals surface area (Å²) in [6.45, 7) is 7.64. The first-order valence-corrected chi connectivity index (χ1v) is 6.15. The van der Waals surface area contributed by atoms with Crippen molar-refractivity contribution < 1.29 is 9.53 Å². The van der Waals surface area contributed by atoms with E-state index in [4.69, 9.17) is 4.74 Å². The van der Waals surface area contributed by atoms with E-state index in [1.54, 1.807) is 11.9 Å². The lowest BCUT2D eigenvalue weighted by atomic mass is 10.2. The average Bonchev–Trinajstić information content (AvgIpc) is 2.51. The van der Waals surface area contributed by atoms with Gasteiger partial charge < -0.3 is 4.74 Å². The molecule has 0 spiro atoms. The van der Waals surface area contributed by atoms with Gasteiger partial charge in [-0.05, 0) is 19.3 Å². The Morgan fingerprint density at radius 2 is 2.36 bits per heavy atom. The Kier molecular flexibility index (Phi) is 4.75. The third kappa shape index (κ3) is 3.17. The molecule has 1 unspecified atom stereocenters. The van der Waals surface area contributed by atoms with E-state index in [2.05, 4.69) is 18.2 Å². The second-order valence-corrected chi connectivity index (χ2v) is 5.02. The molecular formula is C10H19NO2S. The van der Waals surface area contributed by atoms with Gasteiger partial charge in [-0.1, -0.05) is 25.8 Å². The second kappa shape index (κ2) is 5.61. The Labute approximate surface area is 90.3 Å². The molecule has 3 nitrogen and oxygen atoms in total. The van der Waals surface area contributed by atoms with Crippen molar-refractivity contribution in [2.75, 3.05) is 18.9 Å². The molecule has 1 aliphatic heterocycles. The Bertz CT molecular complexity index is 197. The molecule has 1 saturated heterocycles. The first-order chi connectivity index (χ1) is 6.65. The van der Waals surface area contributed by atoms with Gasteiger partial charge in [-0.15, -0.1) is 0 Å². The van der Waals surface area contributed by atoms with E-state index in [9.17, 15) is 4.79 Å². The van der Waals surface area contributed by atoms with Gasteiger partial charge in [-0.3, -0.25) is 4.79 Å². The number of carbonyl (C=O) groups is 1. The highest BCUT2D eigenvalue weighted by atomic mass is 32.2. The highest BCUT2D eigenvalue weighted by Crippen LogP contribution is 2.28. The predicted molar refractivity (Wildman–Crippen MR) is 59.0 cm³/mol. The van der Waals surface area contributed by atoms with Gasteiger partial charge in [0.2, 0.25) is 0 Å². The van der Waals surface area contributed by atoms with Crippen molar-refractivity contribution in [3.8, 4) is 0 Å². The number of ether oxygens (including phenoxy) is 1. The van der Waals surface area contributed by atoms with Crippen LogP contribution in [0.5, 0.6) is 0 Å². The van der Waals surface area contributed by atoms with Gasteiger partial charge in [0.1, 0.15) is 6.04 Å². The van der Waals surface area contributed by atoms with Crippen molar-refractivity contribution in [3.63, 3.8) is 0 Å². The number of nitrogens with zero attached hydrogens (tertiary/aromatic N) is 1. The predicted octanol–water partition coefficient (Wildman–Crippen LogP) is 1.93. The van der Waals surface area contributed by atoms with Gasteiger partial charge in [-0.2, -0.15) is 0 Å². The molecule has 4 heteroatoms. The summed E-state index contributed by atoms with van der Waals surface area (Å²) >= 11 is 1.77. The van der Waals surface area contributed by atoms with Crippen LogP contribution < -0.4 is 0 Å². The molecule has 1 rings (SSSR count). The maximum Gasteiger partial charge on any atom is 0.324 e. The molecule has 0 amide bonds. The van der Waals surface area contributed by atoms with Gasteiger partial charge in [0.05, 0.1) is 6.61 Å². The Morgan fingerprint density at radius 1 is 1.64 bits per heavy atom. The van der Waals surface area contributed by atoms with E-state index in [1.165, 1.54) is 0 Å². The van der Waals surface area contributed by atoms with Crippen molar-refractivity contribution in [2.24, 2.45) is 5.92 Å². The van der Waals surface area contributed by atoms with Crippen molar-refractivity contribution in [3.05, 3.63) is 0 Å². The lowest BCUT2D eigenvalue weighted by Crippen LogP contribution is -2.36. The van der Waals surface area contributed by atoms with Crippen molar-refractivity contribution in [2.45, 2.75) is 33.2 Å². The fourth-order valence-corrected chi connectivity index (χ4v) is 2.87. The topological polar surface area (TPSA) is 29.5 Å². The van der Waals surface area contributed by atoms with E-state index in [0.717, 1.165) is 18.7 Å². The van der Waals surface area contributed by atoms with Crippen LogP contribution in [0.1, 0.15) is 27.2 Å². The minimum Gasteiger partial charge on any atom is -0.465 e. The molecule has 0 aromatic heterocycles. The van der Waals surface area contributed by atoms with Crippen LogP contribution in [-0.2, 0) is 9.53 Å². The monoisotopic (exact) mass is 217 g/mol. The summed E-state index contributed by atoms with van der Waals surface area (Å²) in [5, 5.41) is 0. The normalized spacial score (nSPS) is 23.0. The first-order valence-electron chi connectivity index (χ1n) is 5.21. The second-order valence-electron chi connectivity index (χ2n) is 3.88. The van der Waals surface area contributed by atoms with Gasteiger partial charge >= 0.3 is 5.97 Å². The van der Waals surface area contributed by atoms with Crippen LogP contribution in [0.4, 0.5) is 0 Å². The standard InChI is InChI=1S/C10H19NO2S/c1-4-13-10(12)9-5-6-14-11(9)7-8(2)3/h8-9H,4-7H2,1-3H3. The molecule has 82 valence electrons. The van der Waals surface area contributed by atoms with E-state index in [0.29, 0.717) is 12.5 Å². The molecule has 1 fully saturated rings. The molecule has 1 heterocycles. The molecule has 1 atom stereocenters. The summed E-state index contributed by atoms with van der Waals surface area (Å²) in [6.07, 6.45) is 0.927. The fourth-order valence-electron chi connectivity index (χ4n) is 1.53. The van der Waals surface area contributed by atoms with Crippen LogP contribution in [0.2, 0.25) is 0 Å².